The topological polar surface area (TPSA) is 63.4 Å². The lowest BCUT2D eigenvalue weighted by Gasteiger charge is -2.13. The summed E-state index contributed by atoms with van der Waals surface area (Å²) in [7, 11) is 0. The average Bonchev–Trinajstić information content (AvgIpc) is 3.14. The van der Waals surface area contributed by atoms with E-state index in [4.69, 9.17) is 4.42 Å². The van der Waals surface area contributed by atoms with Crippen LogP contribution >= 0.6 is 0 Å². The van der Waals surface area contributed by atoms with E-state index in [9.17, 15) is 9.59 Å². The van der Waals surface area contributed by atoms with Crippen molar-refractivity contribution in [3.63, 3.8) is 0 Å². The highest BCUT2D eigenvalue weighted by molar-refractivity contribution is 6.34. The number of hydrogen-bond acceptors (Lipinski definition) is 4. The van der Waals surface area contributed by atoms with Gasteiger partial charge in [0.25, 0.3) is 11.8 Å². The molecule has 0 fully saturated rings. The fraction of sp³-hybridized carbons (Fsp3) is 0.150. The van der Waals surface area contributed by atoms with Gasteiger partial charge >= 0.3 is 0 Å². The molecule has 0 saturated heterocycles. The van der Waals surface area contributed by atoms with Crippen LogP contribution in [0, 0.1) is 6.92 Å². The number of benzene rings is 2. The van der Waals surface area contributed by atoms with E-state index in [1.54, 1.807) is 36.4 Å². The van der Waals surface area contributed by atoms with Crippen molar-refractivity contribution >= 4 is 17.5 Å². The maximum absolute atomic E-state index is 12.5. The number of hydrogen-bond donors (Lipinski definition) is 0. The van der Waals surface area contributed by atoms with Crippen LogP contribution in [0.25, 0.3) is 11.5 Å². The summed E-state index contributed by atoms with van der Waals surface area (Å²) in [6, 6.07) is 14.0. The number of carbonyl (C=O) groups is 2. The Kier molecular flexibility index (Phi) is 3.50. The SMILES string of the molecule is CCc1nc(-c2ccc(N3C(=O)c4ccccc4C3=O)cc2)oc1C. The molecule has 5 heteroatoms. The Morgan fingerprint density at radius 1 is 0.960 bits per heavy atom. The van der Waals surface area contributed by atoms with E-state index in [2.05, 4.69) is 4.98 Å². The zero-order valence-corrected chi connectivity index (χ0v) is 13.9. The second-order valence-electron chi connectivity index (χ2n) is 5.91. The third kappa shape index (κ3) is 2.36. The van der Waals surface area contributed by atoms with Crippen LogP contribution in [0.2, 0.25) is 0 Å². The van der Waals surface area contributed by atoms with Gasteiger partial charge in [0.2, 0.25) is 5.89 Å². The van der Waals surface area contributed by atoms with Crippen LogP contribution in [-0.2, 0) is 6.42 Å². The second kappa shape index (κ2) is 5.70. The first kappa shape index (κ1) is 15.3. The monoisotopic (exact) mass is 332 g/mol. The number of rotatable bonds is 3. The molecule has 0 bridgehead atoms. The maximum Gasteiger partial charge on any atom is 0.266 e. The van der Waals surface area contributed by atoms with Crippen molar-refractivity contribution in [3.05, 3.63) is 71.1 Å². The summed E-state index contributed by atoms with van der Waals surface area (Å²) in [5.41, 5.74) is 3.15. The largest absolute Gasteiger partial charge is 0.441 e. The smallest absolute Gasteiger partial charge is 0.266 e. The maximum atomic E-state index is 12.5. The Morgan fingerprint density at radius 2 is 1.56 bits per heavy atom. The predicted octanol–water partition coefficient (Wildman–Crippen LogP) is 4.01. The predicted molar refractivity (Wildman–Crippen MR) is 93.6 cm³/mol. The first-order valence-corrected chi connectivity index (χ1v) is 8.14. The first-order chi connectivity index (χ1) is 12.1. The molecule has 0 saturated carbocycles. The van der Waals surface area contributed by atoms with Crippen molar-refractivity contribution in [2.45, 2.75) is 20.3 Å². The summed E-state index contributed by atoms with van der Waals surface area (Å²) in [5.74, 6) is 0.757. The quantitative estimate of drug-likeness (QED) is 0.680. The van der Waals surface area contributed by atoms with E-state index in [0.29, 0.717) is 22.7 Å². The molecule has 1 aromatic heterocycles. The summed E-state index contributed by atoms with van der Waals surface area (Å²) in [5, 5.41) is 0. The number of aromatic nitrogens is 1. The minimum Gasteiger partial charge on any atom is -0.441 e. The summed E-state index contributed by atoms with van der Waals surface area (Å²) >= 11 is 0. The Hall–Kier alpha value is -3.21. The Labute approximate surface area is 144 Å². The number of imide groups is 1. The molecule has 0 aliphatic carbocycles. The van der Waals surface area contributed by atoms with Crippen molar-refractivity contribution in [3.8, 4) is 11.5 Å². The van der Waals surface area contributed by atoms with Crippen LogP contribution in [0.15, 0.2) is 52.9 Å². The van der Waals surface area contributed by atoms with Crippen molar-refractivity contribution in [1.82, 2.24) is 4.98 Å². The molecular formula is C20H16N2O3. The molecule has 2 amide bonds. The molecule has 2 aromatic carbocycles. The zero-order valence-electron chi connectivity index (χ0n) is 13.9. The number of fused-ring (bicyclic) bond motifs is 1. The standard InChI is InChI=1S/C20H16N2O3/c1-3-17-12(2)25-18(21-17)13-8-10-14(11-9-13)22-19(23)15-6-4-5-7-16(15)20(22)24/h4-11H,3H2,1-2H3. The van der Waals surface area contributed by atoms with Gasteiger partial charge in [-0.3, -0.25) is 9.59 Å². The van der Waals surface area contributed by atoms with E-state index in [-0.39, 0.29) is 11.8 Å². The molecule has 25 heavy (non-hydrogen) atoms. The van der Waals surface area contributed by atoms with Gasteiger partial charge in [0.15, 0.2) is 0 Å². The van der Waals surface area contributed by atoms with Gasteiger partial charge in [0.05, 0.1) is 22.5 Å². The number of aryl methyl sites for hydroxylation is 2. The van der Waals surface area contributed by atoms with E-state index >= 15 is 0 Å². The lowest BCUT2D eigenvalue weighted by atomic mass is 10.1. The van der Waals surface area contributed by atoms with Crippen molar-refractivity contribution < 1.29 is 14.0 Å². The molecule has 1 aliphatic rings. The number of oxazole rings is 1. The minimum atomic E-state index is -0.298. The van der Waals surface area contributed by atoms with Crippen molar-refractivity contribution in [2.24, 2.45) is 0 Å². The van der Waals surface area contributed by atoms with Crippen LogP contribution in [0.1, 0.15) is 39.1 Å². The minimum absolute atomic E-state index is 0.298. The van der Waals surface area contributed by atoms with Crippen molar-refractivity contribution in [1.29, 1.82) is 0 Å². The van der Waals surface area contributed by atoms with Crippen LogP contribution in [0.4, 0.5) is 5.69 Å². The van der Waals surface area contributed by atoms with Crippen LogP contribution in [0.5, 0.6) is 0 Å². The zero-order chi connectivity index (χ0) is 17.6. The summed E-state index contributed by atoms with van der Waals surface area (Å²) in [4.78, 5) is 30.7. The molecule has 3 aromatic rings. The van der Waals surface area contributed by atoms with Crippen LogP contribution < -0.4 is 4.90 Å². The lowest BCUT2D eigenvalue weighted by molar-refractivity contribution is 0.0926. The fourth-order valence-corrected chi connectivity index (χ4v) is 3.06. The van der Waals surface area contributed by atoms with Gasteiger partial charge in [-0.15, -0.1) is 0 Å². The molecule has 0 spiro atoms. The molecule has 2 heterocycles. The third-order valence-corrected chi connectivity index (χ3v) is 4.39. The average molecular weight is 332 g/mol. The Morgan fingerprint density at radius 3 is 2.08 bits per heavy atom. The van der Waals surface area contributed by atoms with E-state index in [1.165, 1.54) is 4.90 Å². The van der Waals surface area contributed by atoms with Gasteiger partial charge in [0.1, 0.15) is 5.76 Å². The highest BCUT2D eigenvalue weighted by atomic mass is 16.4. The van der Waals surface area contributed by atoms with E-state index < -0.39 is 0 Å². The van der Waals surface area contributed by atoms with Gasteiger partial charge in [-0.2, -0.15) is 0 Å². The van der Waals surface area contributed by atoms with Gasteiger partial charge < -0.3 is 4.42 Å². The van der Waals surface area contributed by atoms with Gasteiger partial charge in [0, 0.05) is 5.56 Å². The number of nitrogens with zero attached hydrogens (tertiary/aromatic N) is 2. The Balaban J connectivity index is 1.67. The van der Waals surface area contributed by atoms with Crippen LogP contribution in [-0.4, -0.2) is 16.8 Å². The molecule has 124 valence electrons. The fourth-order valence-electron chi connectivity index (χ4n) is 3.06. The van der Waals surface area contributed by atoms with E-state index in [0.717, 1.165) is 23.4 Å². The molecular weight excluding hydrogens is 316 g/mol. The number of carbonyl (C=O) groups excluding carboxylic acids is 2. The normalized spacial score (nSPS) is 13.4. The molecule has 0 radical (unpaired) electrons. The highest BCUT2D eigenvalue weighted by Crippen LogP contribution is 2.30. The van der Waals surface area contributed by atoms with Gasteiger partial charge in [-0.05, 0) is 49.7 Å². The number of amides is 2. The van der Waals surface area contributed by atoms with Crippen molar-refractivity contribution in [2.75, 3.05) is 4.90 Å². The van der Waals surface area contributed by atoms with Gasteiger partial charge in [-0.1, -0.05) is 19.1 Å². The van der Waals surface area contributed by atoms with E-state index in [1.807, 2.05) is 26.0 Å². The molecule has 1 aliphatic heterocycles. The molecule has 5 nitrogen and oxygen atoms in total. The summed E-state index contributed by atoms with van der Waals surface area (Å²) in [6.45, 7) is 3.92. The third-order valence-electron chi connectivity index (χ3n) is 4.39. The Bertz CT molecular complexity index is 951. The van der Waals surface area contributed by atoms with Gasteiger partial charge in [-0.25, -0.2) is 9.88 Å². The molecule has 4 rings (SSSR count). The first-order valence-electron chi connectivity index (χ1n) is 8.14. The lowest BCUT2D eigenvalue weighted by Crippen LogP contribution is -2.29. The number of anilines is 1. The van der Waals surface area contributed by atoms with Crippen LogP contribution in [0.3, 0.4) is 0 Å². The summed E-state index contributed by atoms with van der Waals surface area (Å²) < 4.78 is 5.69. The highest BCUT2D eigenvalue weighted by Gasteiger charge is 2.36. The summed E-state index contributed by atoms with van der Waals surface area (Å²) in [6.07, 6.45) is 0.808. The molecule has 0 unspecified atom stereocenters. The second-order valence-corrected chi connectivity index (χ2v) is 5.91. The molecule has 0 atom stereocenters. The molecule has 0 N–H and O–H groups in total.